The molecular weight excluding hydrogens is 446 g/mol. The summed E-state index contributed by atoms with van der Waals surface area (Å²) in [6, 6.07) is 26.0. The van der Waals surface area contributed by atoms with Crippen LogP contribution in [-0.2, 0) is 14.3 Å². The normalized spacial score (nSPS) is 13.5. The summed E-state index contributed by atoms with van der Waals surface area (Å²) < 4.78 is 5.37. The van der Waals surface area contributed by atoms with Gasteiger partial charge in [0.05, 0.1) is 11.3 Å². The van der Waals surface area contributed by atoms with Crippen LogP contribution in [0.25, 0.3) is 0 Å². The number of carbonyl (C=O) groups excluding carboxylic acids is 2. The van der Waals surface area contributed by atoms with Crippen LogP contribution in [0.3, 0.4) is 0 Å². The standard InChI is InChI=1S/C27H27N3O5/c31-26(29-17-15-28(16-18-29)23-11-13-24(14-12-23)30(33)34)20-35-27(32)19-25(21-7-3-1-4-8-21)22-9-5-2-6-10-22/h1-14,25H,15-20H2. The van der Waals surface area contributed by atoms with Crippen molar-refractivity contribution in [3.8, 4) is 0 Å². The van der Waals surface area contributed by atoms with Crippen LogP contribution in [-0.4, -0.2) is 54.5 Å². The lowest BCUT2D eigenvalue weighted by molar-refractivity contribution is -0.384. The summed E-state index contributed by atoms with van der Waals surface area (Å²) in [6.45, 7) is 1.89. The molecule has 0 saturated carbocycles. The molecule has 0 atom stereocenters. The Morgan fingerprint density at radius 2 is 1.37 bits per heavy atom. The number of hydrogen-bond donors (Lipinski definition) is 0. The summed E-state index contributed by atoms with van der Waals surface area (Å²) in [5.74, 6) is -0.788. The quantitative estimate of drug-likeness (QED) is 0.279. The highest BCUT2D eigenvalue weighted by molar-refractivity contribution is 5.81. The van der Waals surface area contributed by atoms with Crippen molar-refractivity contribution in [2.45, 2.75) is 12.3 Å². The number of anilines is 1. The number of benzene rings is 3. The Morgan fingerprint density at radius 3 is 1.89 bits per heavy atom. The van der Waals surface area contributed by atoms with Crippen LogP contribution in [0.2, 0.25) is 0 Å². The van der Waals surface area contributed by atoms with Gasteiger partial charge < -0.3 is 14.5 Å². The molecule has 0 N–H and O–H groups in total. The lowest BCUT2D eigenvalue weighted by atomic mass is 9.89. The highest BCUT2D eigenvalue weighted by Gasteiger charge is 2.24. The molecule has 0 aliphatic carbocycles. The van der Waals surface area contributed by atoms with Crippen LogP contribution in [0, 0.1) is 10.1 Å². The minimum absolute atomic E-state index is 0.0474. The number of nitrogens with zero attached hydrogens (tertiary/aromatic N) is 3. The summed E-state index contributed by atoms with van der Waals surface area (Å²) in [5, 5.41) is 10.8. The van der Waals surface area contributed by atoms with E-state index in [9.17, 15) is 19.7 Å². The van der Waals surface area contributed by atoms with Gasteiger partial charge in [0.2, 0.25) is 0 Å². The van der Waals surface area contributed by atoms with Crippen molar-refractivity contribution in [1.29, 1.82) is 0 Å². The van der Waals surface area contributed by atoms with Crippen molar-refractivity contribution in [2.75, 3.05) is 37.7 Å². The van der Waals surface area contributed by atoms with Crippen molar-refractivity contribution in [3.05, 3.63) is 106 Å². The van der Waals surface area contributed by atoms with E-state index in [4.69, 9.17) is 4.74 Å². The topological polar surface area (TPSA) is 93.0 Å². The number of amides is 1. The summed E-state index contributed by atoms with van der Waals surface area (Å²) in [4.78, 5) is 39.5. The van der Waals surface area contributed by atoms with Crippen LogP contribution < -0.4 is 4.90 Å². The molecule has 1 aliphatic heterocycles. The number of nitro benzene ring substituents is 1. The molecule has 0 unspecified atom stereocenters. The molecule has 8 heteroatoms. The molecule has 0 aromatic heterocycles. The van der Waals surface area contributed by atoms with Crippen LogP contribution >= 0.6 is 0 Å². The van der Waals surface area contributed by atoms with Gasteiger partial charge in [-0.25, -0.2) is 0 Å². The minimum Gasteiger partial charge on any atom is -0.456 e. The predicted molar refractivity (Wildman–Crippen MR) is 132 cm³/mol. The van der Waals surface area contributed by atoms with Crippen LogP contribution in [0.4, 0.5) is 11.4 Å². The molecule has 0 bridgehead atoms. The van der Waals surface area contributed by atoms with Crippen LogP contribution in [0.5, 0.6) is 0 Å². The Balaban J connectivity index is 1.28. The summed E-state index contributed by atoms with van der Waals surface area (Å²) in [7, 11) is 0. The van der Waals surface area contributed by atoms with E-state index in [-0.39, 0.29) is 30.5 Å². The van der Waals surface area contributed by atoms with Gasteiger partial charge in [-0.3, -0.25) is 19.7 Å². The molecule has 8 nitrogen and oxygen atoms in total. The number of nitro groups is 1. The molecule has 1 heterocycles. The molecule has 180 valence electrons. The highest BCUT2D eigenvalue weighted by atomic mass is 16.6. The minimum atomic E-state index is -0.427. The second kappa shape index (κ2) is 11.3. The van der Waals surface area contributed by atoms with E-state index in [0.29, 0.717) is 26.2 Å². The van der Waals surface area contributed by atoms with Crippen LogP contribution in [0.1, 0.15) is 23.5 Å². The van der Waals surface area contributed by atoms with Gasteiger partial charge in [-0.05, 0) is 23.3 Å². The Labute approximate surface area is 203 Å². The van der Waals surface area contributed by atoms with E-state index >= 15 is 0 Å². The number of hydrogen-bond acceptors (Lipinski definition) is 6. The third-order valence-electron chi connectivity index (χ3n) is 6.19. The van der Waals surface area contributed by atoms with E-state index in [1.807, 2.05) is 60.7 Å². The maximum Gasteiger partial charge on any atom is 0.307 e. The second-order valence-corrected chi connectivity index (χ2v) is 8.38. The van der Waals surface area contributed by atoms with Crippen molar-refractivity contribution < 1.29 is 19.2 Å². The molecule has 1 aliphatic rings. The van der Waals surface area contributed by atoms with E-state index in [1.54, 1.807) is 17.0 Å². The molecule has 0 spiro atoms. The summed E-state index contributed by atoms with van der Waals surface area (Å²) in [6.07, 6.45) is 0.148. The molecule has 0 radical (unpaired) electrons. The Hall–Kier alpha value is -4.20. The molecule has 1 fully saturated rings. The zero-order valence-corrected chi connectivity index (χ0v) is 19.3. The van der Waals surface area contributed by atoms with E-state index < -0.39 is 10.9 Å². The van der Waals surface area contributed by atoms with Gasteiger partial charge in [-0.1, -0.05) is 60.7 Å². The van der Waals surface area contributed by atoms with Gasteiger partial charge >= 0.3 is 5.97 Å². The fourth-order valence-corrected chi connectivity index (χ4v) is 4.26. The molecule has 1 amide bonds. The van der Waals surface area contributed by atoms with Gasteiger partial charge in [-0.2, -0.15) is 0 Å². The lowest BCUT2D eigenvalue weighted by Crippen LogP contribution is -2.49. The van der Waals surface area contributed by atoms with Crippen molar-refractivity contribution in [1.82, 2.24) is 4.90 Å². The molecule has 35 heavy (non-hydrogen) atoms. The number of ether oxygens (including phenoxy) is 1. The van der Waals surface area contributed by atoms with E-state index in [1.165, 1.54) is 12.1 Å². The number of carbonyl (C=O) groups is 2. The van der Waals surface area contributed by atoms with Gasteiger partial charge in [-0.15, -0.1) is 0 Å². The summed E-state index contributed by atoms with van der Waals surface area (Å²) >= 11 is 0. The van der Waals surface area contributed by atoms with Gasteiger partial charge in [0, 0.05) is 49.9 Å². The monoisotopic (exact) mass is 473 g/mol. The Bertz CT molecular complexity index is 1100. The van der Waals surface area contributed by atoms with E-state index in [0.717, 1.165) is 16.8 Å². The Kier molecular flexibility index (Phi) is 7.72. The first-order valence-electron chi connectivity index (χ1n) is 11.5. The van der Waals surface area contributed by atoms with E-state index in [2.05, 4.69) is 4.90 Å². The second-order valence-electron chi connectivity index (χ2n) is 8.38. The number of esters is 1. The SMILES string of the molecule is O=C(CC(c1ccccc1)c1ccccc1)OCC(=O)N1CCN(c2ccc([N+](=O)[O-])cc2)CC1. The average molecular weight is 474 g/mol. The number of piperazine rings is 1. The molecule has 3 aromatic rings. The van der Waals surface area contributed by atoms with Gasteiger partial charge in [0.25, 0.3) is 11.6 Å². The molecular formula is C27H27N3O5. The Morgan fingerprint density at radius 1 is 0.829 bits per heavy atom. The number of rotatable bonds is 8. The lowest BCUT2D eigenvalue weighted by Gasteiger charge is -2.36. The largest absolute Gasteiger partial charge is 0.456 e. The van der Waals surface area contributed by atoms with Gasteiger partial charge in [0.1, 0.15) is 0 Å². The van der Waals surface area contributed by atoms with Gasteiger partial charge in [0.15, 0.2) is 6.61 Å². The molecule has 4 rings (SSSR count). The third kappa shape index (κ3) is 6.23. The first kappa shape index (κ1) is 23.9. The molecule has 3 aromatic carbocycles. The predicted octanol–water partition coefficient (Wildman–Crippen LogP) is 4.01. The highest BCUT2D eigenvalue weighted by Crippen LogP contribution is 2.28. The third-order valence-corrected chi connectivity index (χ3v) is 6.19. The smallest absolute Gasteiger partial charge is 0.307 e. The maximum absolute atomic E-state index is 12.7. The maximum atomic E-state index is 12.7. The van der Waals surface area contributed by atoms with Crippen molar-refractivity contribution >= 4 is 23.3 Å². The first-order chi connectivity index (χ1) is 17.0. The van der Waals surface area contributed by atoms with Crippen molar-refractivity contribution in [2.24, 2.45) is 0 Å². The average Bonchev–Trinajstić information content (AvgIpc) is 2.91. The fraction of sp³-hybridized carbons (Fsp3) is 0.259. The van der Waals surface area contributed by atoms with Crippen molar-refractivity contribution in [3.63, 3.8) is 0 Å². The van der Waals surface area contributed by atoms with Crippen LogP contribution in [0.15, 0.2) is 84.9 Å². The summed E-state index contributed by atoms with van der Waals surface area (Å²) in [5.41, 5.74) is 2.96. The molecule has 1 saturated heterocycles. The first-order valence-corrected chi connectivity index (χ1v) is 11.5. The zero-order valence-electron chi connectivity index (χ0n) is 19.3. The number of non-ortho nitro benzene ring substituents is 1. The zero-order chi connectivity index (χ0) is 24.6. The fourth-order valence-electron chi connectivity index (χ4n) is 4.26.